The number of nitrogens with zero attached hydrogens (tertiary/aromatic N) is 2. The van der Waals surface area contributed by atoms with Crippen LogP contribution in [0.5, 0.6) is 0 Å². The van der Waals surface area contributed by atoms with Gasteiger partial charge in [0.1, 0.15) is 11.5 Å². The second-order valence-corrected chi connectivity index (χ2v) is 4.78. The van der Waals surface area contributed by atoms with Gasteiger partial charge < -0.3 is 5.73 Å². The molecule has 0 unspecified atom stereocenters. The van der Waals surface area contributed by atoms with Crippen LogP contribution in [0.3, 0.4) is 0 Å². The number of rotatable bonds is 2. The van der Waals surface area contributed by atoms with Crippen molar-refractivity contribution in [1.82, 2.24) is 9.97 Å². The Morgan fingerprint density at radius 3 is 2.57 bits per heavy atom. The Bertz CT molecular complexity index is 844. The Morgan fingerprint density at radius 2 is 1.90 bits per heavy atom. The first-order valence-electron chi connectivity index (χ1n) is 6.37. The summed E-state index contributed by atoms with van der Waals surface area (Å²) in [5, 5.41) is 0.805. The van der Waals surface area contributed by atoms with Crippen LogP contribution in [0.15, 0.2) is 42.7 Å². The molecule has 1 aromatic carbocycles. The van der Waals surface area contributed by atoms with Gasteiger partial charge in [0.2, 0.25) is 0 Å². The predicted molar refractivity (Wildman–Crippen MR) is 78.2 cm³/mol. The number of nitrogens with two attached hydrogens (primary N) is 1. The molecule has 0 aliphatic rings. The average Bonchev–Trinajstić information content (AvgIpc) is 2.46. The number of aromatic nitrogens is 2. The minimum atomic E-state index is -0.573. The lowest BCUT2D eigenvalue weighted by Gasteiger charge is -2.08. The van der Waals surface area contributed by atoms with Gasteiger partial charge in [-0.1, -0.05) is 12.1 Å². The molecule has 2 heterocycles. The Balaban J connectivity index is 2.30. The van der Waals surface area contributed by atoms with E-state index in [0.717, 1.165) is 16.5 Å². The number of aryl methyl sites for hydroxylation is 1. The monoisotopic (exact) mass is 281 g/mol. The third-order valence-electron chi connectivity index (χ3n) is 3.30. The molecule has 104 valence electrons. The summed E-state index contributed by atoms with van der Waals surface area (Å²) in [5.41, 5.74) is 8.41. The number of carbonyl (C=O) groups is 1. The fraction of sp³-hybridized carbons (Fsp3) is 0.0625. The summed E-state index contributed by atoms with van der Waals surface area (Å²) in [5.74, 6) is -0.884. The Labute approximate surface area is 120 Å². The van der Waals surface area contributed by atoms with E-state index < -0.39 is 5.91 Å². The molecule has 0 radical (unpaired) electrons. The quantitative estimate of drug-likeness (QED) is 0.785. The highest BCUT2D eigenvalue weighted by atomic mass is 19.1. The number of fused-ring (bicyclic) bond motifs is 1. The lowest BCUT2D eigenvalue weighted by atomic mass is 10.0. The number of pyridine rings is 2. The highest BCUT2D eigenvalue weighted by molar-refractivity contribution is 5.99. The maximum Gasteiger partial charge on any atom is 0.267 e. The summed E-state index contributed by atoms with van der Waals surface area (Å²) >= 11 is 0. The molecule has 5 heteroatoms. The standard InChI is InChI=1S/C16H12FN3O/c1-9-6-11-7-19-8-13(10-2-4-12(17)5-3-10)15(11)20-14(9)16(18)21/h2-8H,1H3,(H2,18,21). The van der Waals surface area contributed by atoms with Gasteiger partial charge in [0.05, 0.1) is 5.52 Å². The van der Waals surface area contributed by atoms with E-state index in [1.165, 1.54) is 12.1 Å². The molecule has 0 saturated heterocycles. The van der Waals surface area contributed by atoms with Crippen molar-refractivity contribution in [1.29, 1.82) is 0 Å². The molecule has 0 aliphatic carbocycles. The first kappa shape index (κ1) is 13.2. The molecule has 21 heavy (non-hydrogen) atoms. The first-order valence-corrected chi connectivity index (χ1v) is 6.37. The topological polar surface area (TPSA) is 68.9 Å². The lowest BCUT2D eigenvalue weighted by Crippen LogP contribution is -2.15. The Kier molecular flexibility index (Phi) is 3.10. The van der Waals surface area contributed by atoms with Gasteiger partial charge in [0, 0.05) is 23.3 Å². The number of halogens is 1. The zero-order valence-corrected chi connectivity index (χ0v) is 11.3. The molecule has 3 aromatic rings. The van der Waals surface area contributed by atoms with Crippen molar-refractivity contribution in [3.63, 3.8) is 0 Å². The molecule has 3 rings (SSSR count). The molecule has 4 nitrogen and oxygen atoms in total. The van der Waals surface area contributed by atoms with Gasteiger partial charge >= 0.3 is 0 Å². The van der Waals surface area contributed by atoms with E-state index in [2.05, 4.69) is 9.97 Å². The SMILES string of the molecule is Cc1cc2cncc(-c3ccc(F)cc3)c2nc1C(N)=O. The van der Waals surface area contributed by atoms with Gasteiger partial charge in [-0.3, -0.25) is 9.78 Å². The summed E-state index contributed by atoms with van der Waals surface area (Å²) in [4.78, 5) is 20.0. The van der Waals surface area contributed by atoms with E-state index in [9.17, 15) is 9.18 Å². The molecular formula is C16H12FN3O. The number of benzene rings is 1. The minimum Gasteiger partial charge on any atom is -0.364 e. The Hall–Kier alpha value is -2.82. The van der Waals surface area contributed by atoms with Crippen molar-refractivity contribution >= 4 is 16.8 Å². The van der Waals surface area contributed by atoms with Crippen LogP contribution in [-0.2, 0) is 0 Å². The molecule has 0 spiro atoms. The van der Waals surface area contributed by atoms with Gasteiger partial charge in [0.25, 0.3) is 5.91 Å². The summed E-state index contributed by atoms with van der Waals surface area (Å²) < 4.78 is 13.0. The molecule has 1 amide bonds. The largest absolute Gasteiger partial charge is 0.364 e. The van der Waals surface area contributed by atoms with Crippen LogP contribution in [0.1, 0.15) is 16.1 Å². The fourth-order valence-electron chi connectivity index (χ4n) is 2.29. The van der Waals surface area contributed by atoms with E-state index in [-0.39, 0.29) is 11.5 Å². The van der Waals surface area contributed by atoms with Crippen molar-refractivity contribution < 1.29 is 9.18 Å². The molecular weight excluding hydrogens is 269 g/mol. The van der Waals surface area contributed by atoms with Crippen molar-refractivity contribution in [2.75, 3.05) is 0 Å². The van der Waals surface area contributed by atoms with E-state index in [1.807, 2.05) is 6.07 Å². The van der Waals surface area contributed by atoms with Crippen molar-refractivity contribution in [3.05, 3.63) is 59.8 Å². The van der Waals surface area contributed by atoms with Crippen LogP contribution in [-0.4, -0.2) is 15.9 Å². The summed E-state index contributed by atoms with van der Waals surface area (Å²) in [6, 6.07) is 7.87. The maximum atomic E-state index is 13.0. The summed E-state index contributed by atoms with van der Waals surface area (Å²) in [6.45, 7) is 1.77. The minimum absolute atomic E-state index is 0.233. The zero-order chi connectivity index (χ0) is 15.0. The second kappa shape index (κ2) is 4.94. The van der Waals surface area contributed by atoms with Crippen LogP contribution >= 0.6 is 0 Å². The molecule has 0 aliphatic heterocycles. The van der Waals surface area contributed by atoms with Crippen LogP contribution in [0.4, 0.5) is 4.39 Å². The molecule has 0 bridgehead atoms. The van der Waals surface area contributed by atoms with Crippen LogP contribution in [0, 0.1) is 12.7 Å². The van der Waals surface area contributed by atoms with Gasteiger partial charge in [0.15, 0.2) is 0 Å². The zero-order valence-electron chi connectivity index (χ0n) is 11.3. The van der Waals surface area contributed by atoms with E-state index in [1.54, 1.807) is 31.5 Å². The first-order chi connectivity index (χ1) is 10.1. The van der Waals surface area contributed by atoms with E-state index >= 15 is 0 Å². The third kappa shape index (κ3) is 2.33. The van der Waals surface area contributed by atoms with Gasteiger partial charge in [-0.15, -0.1) is 0 Å². The highest BCUT2D eigenvalue weighted by Crippen LogP contribution is 2.27. The van der Waals surface area contributed by atoms with E-state index in [4.69, 9.17) is 5.73 Å². The summed E-state index contributed by atoms with van der Waals surface area (Å²) in [6.07, 6.45) is 3.32. The van der Waals surface area contributed by atoms with Crippen molar-refractivity contribution in [2.24, 2.45) is 5.73 Å². The smallest absolute Gasteiger partial charge is 0.267 e. The van der Waals surface area contributed by atoms with Gasteiger partial charge in [-0.25, -0.2) is 9.37 Å². The molecule has 0 fully saturated rings. The normalized spacial score (nSPS) is 10.8. The van der Waals surface area contributed by atoms with Crippen molar-refractivity contribution in [2.45, 2.75) is 6.92 Å². The maximum absolute atomic E-state index is 13.0. The van der Waals surface area contributed by atoms with Crippen LogP contribution in [0.25, 0.3) is 22.0 Å². The summed E-state index contributed by atoms with van der Waals surface area (Å²) in [7, 11) is 0. The van der Waals surface area contributed by atoms with Crippen LogP contribution in [0.2, 0.25) is 0 Å². The van der Waals surface area contributed by atoms with E-state index in [0.29, 0.717) is 11.1 Å². The predicted octanol–water partition coefficient (Wildman–Crippen LogP) is 2.84. The Morgan fingerprint density at radius 1 is 1.19 bits per heavy atom. The van der Waals surface area contributed by atoms with Gasteiger partial charge in [-0.05, 0) is 36.2 Å². The van der Waals surface area contributed by atoms with Crippen molar-refractivity contribution in [3.8, 4) is 11.1 Å². The van der Waals surface area contributed by atoms with Crippen LogP contribution < -0.4 is 5.73 Å². The number of carbonyl (C=O) groups excluding carboxylic acids is 1. The lowest BCUT2D eigenvalue weighted by molar-refractivity contribution is 0.0995. The molecule has 2 N–H and O–H groups in total. The average molecular weight is 281 g/mol. The van der Waals surface area contributed by atoms with Gasteiger partial charge in [-0.2, -0.15) is 0 Å². The number of hydrogen-bond donors (Lipinski definition) is 1. The molecule has 0 saturated carbocycles. The highest BCUT2D eigenvalue weighted by Gasteiger charge is 2.12. The number of hydrogen-bond acceptors (Lipinski definition) is 3. The number of amides is 1. The fourth-order valence-corrected chi connectivity index (χ4v) is 2.29. The molecule has 0 atom stereocenters. The third-order valence-corrected chi connectivity index (χ3v) is 3.30. The second-order valence-electron chi connectivity index (χ2n) is 4.78. The number of primary amides is 1. The molecule has 2 aromatic heterocycles.